The summed E-state index contributed by atoms with van der Waals surface area (Å²) < 4.78 is 5.70. The van der Waals surface area contributed by atoms with E-state index in [-0.39, 0.29) is 5.91 Å². The molecule has 3 aromatic rings. The number of hydrogen-bond donors (Lipinski definition) is 1. The lowest BCUT2D eigenvalue weighted by atomic mass is 10.1. The van der Waals surface area contributed by atoms with Gasteiger partial charge in [-0.15, -0.1) is 0 Å². The Kier molecular flexibility index (Phi) is 4.79. The van der Waals surface area contributed by atoms with E-state index in [1.54, 1.807) is 6.07 Å². The van der Waals surface area contributed by atoms with E-state index in [9.17, 15) is 4.79 Å². The number of furan rings is 1. The van der Waals surface area contributed by atoms with Gasteiger partial charge in [0.05, 0.1) is 0 Å². The van der Waals surface area contributed by atoms with Gasteiger partial charge in [0, 0.05) is 29.9 Å². The minimum Gasteiger partial charge on any atom is -0.451 e. The zero-order chi connectivity index (χ0) is 18.0. The molecule has 130 valence electrons. The Balaban J connectivity index is 1.82. The fourth-order valence-corrected chi connectivity index (χ4v) is 3.01. The van der Waals surface area contributed by atoms with Gasteiger partial charge in [0.2, 0.25) is 0 Å². The molecule has 0 aliphatic carbocycles. The molecule has 25 heavy (non-hydrogen) atoms. The van der Waals surface area contributed by atoms with Crippen molar-refractivity contribution >= 4 is 28.3 Å². The molecule has 0 saturated carbocycles. The number of aryl methyl sites for hydroxylation is 2. The highest BCUT2D eigenvalue weighted by Gasteiger charge is 2.14. The lowest BCUT2D eigenvalue weighted by molar-refractivity contribution is 0.0998. The van der Waals surface area contributed by atoms with E-state index in [1.165, 1.54) is 5.69 Å². The van der Waals surface area contributed by atoms with Crippen molar-refractivity contribution in [3.05, 3.63) is 59.4 Å². The van der Waals surface area contributed by atoms with E-state index >= 15 is 0 Å². The van der Waals surface area contributed by atoms with Crippen molar-refractivity contribution in [1.29, 1.82) is 0 Å². The molecule has 4 heteroatoms. The summed E-state index contributed by atoms with van der Waals surface area (Å²) in [6.07, 6.45) is 0. The van der Waals surface area contributed by atoms with Gasteiger partial charge in [-0.25, -0.2) is 0 Å². The highest BCUT2D eigenvalue weighted by molar-refractivity contribution is 6.05. The number of carbonyl (C=O) groups is 1. The second kappa shape index (κ2) is 7.01. The van der Waals surface area contributed by atoms with Gasteiger partial charge in [-0.2, -0.15) is 0 Å². The van der Waals surface area contributed by atoms with Gasteiger partial charge in [-0.1, -0.05) is 12.1 Å². The number of nitrogens with zero attached hydrogens (tertiary/aromatic N) is 1. The van der Waals surface area contributed by atoms with Gasteiger partial charge in [0.15, 0.2) is 5.76 Å². The number of nitrogens with one attached hydrogen (secondary N) is 1. The van der Waals surface area contributed by atoms with Crippen molar-refractivity contribution in [1.82, 2.24) is 0 Å². The van der Waals surface area contributed by atoms with Crippen molar-refractivity contribution in [3.63, 3.8) is 0 Å². The Morgan fingerprint density at radius 1 is 1.04 bits per heavy atom. The first-order chi connectivity index (χ1) is 12.0. The van der Waals surface area contributed by atoms with Crippen LogP contribution in [-0.4, -0.2) is 19.0 Å². The predicted molar refractivity (Wildman–Crippen MR) is 104 cm³/mol. The minimum absolute atomic E-state index is 0.229. The van der Waals surface area contributed by atoms with Crippen LogP contribution < -0.4 is 10.2 Å². The van der Waals surface area contributed by atoms with E-state index in [2.05, 4.69) is 30.1 Å². The quantitative estimate of drug-likeness (QED) is 0.701. The summed E-state index contributed by atoms with van der Waals surface area (Å²) in [4.78, 5) is 14.8. The van der Waals surface area contributed by atoms with E-state index in [0.717, 1.165) is 40.9 Å². The molecule has 0 saturated heterocycles. The molecule has 0 atom stereocenters. The summed E-state index contributed by atoms with van der Waals surface area (Å²) in [5.41, 5.74) is 4.84. The number of amides is 1. The topological polar surface area (TPSA) is 45.5 Å². The summed E-state index contributed by atoms with van der Waals surface area (Å²) in [7, 11) is 0. The van der Waals surface area contributed by atoms with Crippen molar-refractivity contribution < 1.29 is 9.21 Å². The standard InChI is InChI=1S/C21H24N2O2/c1-5-23(6-2)17-9-10-18(15(4)12-17)22-21(24)20-13-16-8-7-14(3)11-19(16)25-20/h7-13H,5-6H2,1-4H3,(H,22,24). The second-order valence-electron chi connectivity index (χ2n) is 6.28. The Morgan fingerprint density at radius 2 is 1.80 bits per heavy atom. The molecule has 0 aliphatic rings. The average molecular weight is 336 g/mol. The third-order valence-electron chi connectivity index (χ3n) is 4.49. The molecule has 1 amide bonds. The highest BCUT2D eigenvalue weighted by Crippen LogP contribution is 2.25. The minimum atomic E-state index is -0.229. The smallest absolute Gasteiger partial charge is 0.291 e. The summed E-state index contributed by atoms with van der Waals surface area (Å²) >= 11 is 0. The van der Waals surface area contributed by atoms with Gasteiger partial charge in [0.1, 0.15) is 5.58 Å². The molecule has 1 heterocycles. The van der Waals surface area contributed by atoms with Crippen LogP contribution in [0.3, 0.4) is 0 Å². The monoisotopic (exact) mass is 336 g/mol. The summed E-state index contributed by atoms with van der Waals surface area (Å²) in [6.45, 7) is 10.2. The Bertz CT molecular complexity index is 907. The first-order valence-electron chi connectivity index (χ1n) is 8.69. The zero-order valence-electron chi connectivity index (χ0n) is 15.2. The van der Waals surface area contributed by atoms with Crippen LogP contribution in [0.1, 0.15) is 35.5 Å². The number of carbonyl (C=O) groups excluding carboxylic acids is 1. The van der Waals surface area contributed by atoms with Crippen LogP contribution in [-0.2, 0) is 0 Å². The maximum absolute atomic E-state index is 12.5. The highest BCUT2D eigenvalue weighted by atomic mass is 16.3. The number of hydrogen-bond acceptors (Lipinski definition) is 3. The van der Waals surface area contributed by atoms with E-state index in [4.69, 9.17) is 4.42 Å². The lowest BCUT2D eigenvalue weighted by Crippen LogP contribution is -2.22. The Labute approximate surface area is 148 Å². The van der Waals surface area contributed by atoms with Gasteiger partial charge in [-0.3, -0.25) is 4.79 Å². The molecule has 4 nitrogen and oxygen atoms in total. The van der Waals surface area contributed by atoms with Gasteiger partial charge in [0.25, 0.3) is 5.91 Å². The molecule has 0 spiro atoms. The van der Waals surface area contributed by atoms with Crippen LogP contribution in [0.25, 0.3) is 11.0 Å². The van der Waals surface area contributed by atoms with Gasteiger partial charge >= 0.3 is 0 Å². The van der Waals surface area contributed by atoms with Crippen LogP contribution in [0.5, 0.6) is 0 Å². The van der Waals surface area contributed by atoms with E-state index in [0.29, 0.717) is 5.76 Å². The van der Waals surface area contributed by atoms with Crippen molar-refractivity contribution in [2.75, 3.05) is 23.3 Å². The number of benzene rings is 2. The predicted octanol–water partition coefficient (Wildman–Crippen LogP) is 5.15. The van der Waals surface area contributed by atoms with Crippen LogP contribution in [0, 0.1) is 13.8 Å². The van der Waals surface area contributed by atoms with Crippen LogP contribution in [0.4, 0.5) is 11.4 Å². The fraction of sp³-hybridized carbons (Fsp3) is 0.286. The largest absolute Gasteiger partial charge is 0.451 e. The van der Waals surface area contributed by atoms with Gasteiger partial charge in [-0.05, 0) is 69.2 Å². The van der Waals surface area contributed by atoms with E-state index < -0.39 is 0 Å². The zero-order valence-corrected chi connectivity index (χ0v) is 15.2. The van der Waals surface area contributed by atoms with Crippen molar-refractivity contribution in [2.24, 2.45) is 0 Å². The second-order valence-corrected chi connectivity index (χ2v) is 6.28. The average Bonchev–Trinajstić information content (AvgIpc) is 3.01. The fourth-order valence-electron chi connectivity index (χ4n) is 3.01. The third kappa shape index (κ3) is 3.53. The number of rotatable bonds is 5. The molecule has 1 N–H and O–H groups in total. The Hall–Kier alpha value is -2.75. The van der Waals surface area contributed by atoms with Crippen LogP contribution >= 0.6 is 0 Å². The molecule has 0 fully saturated rings. The number of anilines is 2. The number of fused-ring (bicyclic) bond motifs is 1. The molecular formula is C21H24N2O2. The normalized spacial score (nSPS) is 10.9. The van der Waals surface area contributed by atoms with Crippen LogP contribution in [0.2, 0.25) is 0 Å². The van der Waals surface area contributed by atoms with Crippen LogP contribution in [0.15, 0.2) is 46.9 Å². The van der Waals surface area contributed by atoms with Gasteiger partial charge < -0.3 is 14.6 Å². The summed E-state index contributed by atoms with van der Waals surface area (Å²) in [5.74, 6) is 0.0976. The first-order valence-corrected chi connectivity index (χ1v) is 8.69. The van der Waals surface area contributed by atoms with E-state index in [1.807, 2.05) is 44.2 Å². The van der Waals surface area contributed by atoms with Crippen molar-refractivity contribution in [3.8, 4) is 0 Å². The molecular weight excluding hydrogens is 312 g/mol. The molecule has 2 aromatic carbocycles. The maximum Gasteiger partial charge on any atom is 0.291 e. The van der Waals surface area contributed by atoms with Crippen molar-refractivity contribution in [2.45, 2.75) is 27.7 Å². The molecule has 3 rings (SSSR count). The lowest BCUT2D eigenvalue weighted by Gasteiger charge is -2.22. The molecule has 0 aliphatic heterocycles. The summed E-state index contributed by atoms with van der Waals surface area (Å²) in [5, 5.41) is 3.89. The molecule has 0 unspecified atom stereocenters. The third-order valence-corrected chi connectivity index (χ3v) is 4.49. The first kappa shape index (κ1) is 17.1. The molecule has 0 radical (unpaired) electrons. The molecule has 1 aromatic heterocycles. The maximum atomic E-state index is 12.5. The Morgan fingerprint density at radius 3 is 2.48 bits per heavy atom. The summed E-state index contributed by atoms with van der Waals surface area (Å²) in [6, 6.07) is 13.8. The molecule has 0 bridgehead atoms. The SMILES string of the molecule is CCN(CC)c1ccc(NC(=O)c2cc3ccc(C)cc3o2)c(C)c1.